The van der Waals surface area contributed by atoms with Gasteiger partial charge in [0.1, 0.15) is 5.75 Å². The molecule has 0 radical (unpaired) electrons. The average molecular weight is 418 g/mol. The van der Waals surface area contributed by atoms with Crippen LogP contribution in [0.2, 0.25) is 0 Å². The van der Waals surface area contributed by atoms with Crippen molar-refractivity contribution in [1.29, 1.82) is 0 Å². The first-order chi connectivity index (χ1) is 14.8. The summed E-state index contributed by atoms with van der Waals surface area (Å²) in [6.07, 6.45) is 1.53. The number of benzene rings is 2. The largest absolute Gasteiger partial charge is 0.495 e. The highest BCUT2D eigenvalue weighted by Gasteiger charge is 2.16. The first kappa shape index (κ1) is 21.8. The minimum atomic E-state index is -0.868. The van der Waals surface area contributed by atoms with Gasteiger partial charge in [-0.2, -0.15) is 5.10 Å². The van der Waals surface area contributed by atoms with Crippen molar-refractivity contribution in [2.45, 2.75) is 27.7 Å². The molecule has 2 aromatic carbocycles. The fourth-order valence-corrected chi connectivity index (χ4v) is 3.39. The minimum absolute atomic E-state index is 0.424. The van der Waals surface area contributed by atoms with E-state index >= 15 is 0 Å². The van der Waals surface area contributed by atoms with Crippen molar-refractivity contribution in [3.05, 3.63) is 76.6 Å². The Labute approximate surface area is 181 Å². The van der Waals surface area contributed by atoms with Crippen LogP contribution in [0.25, 0.3) is 5.69 Å². The molecule has 2 amide bonds. The highest BCUT2D eigenvalue weighted by Crippen LogP contribution is 2.25. The lowest BCUT2D eigenvalue weighted by molar-refractivity contribution is -0.136. The Balaban J connectivity index is 1.69. The molecular formula is C24H26N4O3. The number of hydrogen-bond acceptors (Lipinski definition) is 4. The molecule has 1 heterocycles. The molecule has 0 bridgehead atoms. The zero-order chi connectivity index (χ0) is 22.5. The third-order valence-corrected chi connectivity index (χ3v) is 4.91. The van der Waals surface area contributed by atoms with E-state index in [4.69, 9.17) is 4.74 Å². The van der Waals surface area contributed by atoms with E-state index < -0.39 is 11.8 Å². The van der Waals surface area contributed by atoms with Crippen molar-refractivity contribution >= 4 is 23.7 Å². The summed E-state index contributed by atoms with van der Waals surface area (Å²) in [5, 5.41) is 6.51. The molecule has 3 aromatic rings. The molecule has 0 saturated heterocycles. The molecule has 0 spiro atoms. The highest BCUT2D eigenvalue weighted by atomic mass is 16.5. The van der Waals surface area contributed by atoms with Crippen LogP contribution >= 0.6 is 0 Å². The van der Waals surface area contributed by atoms with Crippen LogP contribution in [0.4, 0.5) is 5.69 Å². The zero-order valence-electron chi connectivity index (χ0n) is 18.3. The average Bonchev–Trinajstić information content (AvgIpc) is 3.01. The van der Waals surface area contributed by atoms with Crippen LogP contribution in [0.5, 0.6) is 5.75 Å². The van der Waals surface area contributed by atoms with E-state index in [9.17, 15) is 9.59 Å². The van der Waals surface area contributed by atoms with Crippen molar-refractivity contribution in [1.82, 2.24) is 9.99 Å². The van der Waals surface area contributed by atoms with Gasteiger partial charge in [0, 0.05) is 22.6 Å². The Morgan fingerprint density at radius 3 is 2.42 bits per heavy atom. The Kier molecular flexibility index (Phi) is 6.55. The molecule has 7 heteroatoms. The van der Waals surface area contributed by atoms with Crippen LogP contribution < -0.4 is 15.5 Å². The minimum Gasteiger partial charge on any atom is -0.495 e. The SMILES string of the molecule is COc1ccc(C)cc1NC(=O)C(=O)N/N=C\c1cc(C)n(-c2cccc(C)c2)c1C. The Hall–Kier alpha value is -3.87. The van der Waals surface area contributed by atoms with Crippen molar-refractivity contribution in [3.8, 4) is 11.4 Å². The molecule has 0 unspecified atom stereocenters. The number of amides is 2. The maximum atomic E-state index is 12.2. The Morgan fingerprint density at radius 1 is 0.968 bits per heavy atom. The predicted molar refractivity (Wildman–Crippen MR) is 122 cm³/mol. The molecule has 0 saturated carbocycles. The second-order valence-electron chi connectivity index (χ2n) is 7.36. The standard InChI is InChI=1S/C24H26N4O3/c1-15-7-6-8-20(11-15)28-17(3)13-19(18(28)4)14-25-27-24(30)23(29)26-21-12-16(2)9-10-22(21)31-5/h6-14H,1-5H3,(H,26,29)(H,27,30)/b25-14-. The van der Waals surface area contributed by atoms with Gasteiger partial charge in [0.2, 0.25) is 0 Å². The first-order valence-corrected chi connectivity index (χ1v) is 9.85. The van der Waals surface area contributed by atoms with Gasteiger partial charge in [-0.05, 0) is 69.2 Å². The molecule has 0 atom stereocenters. The van der Waals surface area contributed by atoms with E-state index in [-0.39, 0.29) is 0 Å². The van der Waals surface area contributed by atoms with Crippen molar-refractivity contribution < 1.29 is 14.3 Å². The predicted octanol–water partition coefficient (Wildman–Crippen LogP) is 3.81. The van der Waals surface area contributed by atoms with E-state index in [1.54, 1.807) is 12.1 Å². The second kappa shape index (κ2) is 9.30. The van der Waals surface area contributed by atoms with Gasteiger partial charge in [0.05, 0.1) is 19.0 Å². The fourth-order valence-electron chi connectivity index (χ4n) is 3.39. The smallest absolute Gasteiger partial charge is 0.329 e. The second-order valence-corrected chi connectivity index (χ2v) is 7.36. The molecule has 160 valence electrons. The van der Waals surface area contributed by atoms with Crippen LogP contribution in [0.1, 0.15) is 28.1 Å². The molecule has 7 nitrogen and oxygen atoms in total. The normalized spacial score (nSPS) is 10.9. The summed E-state index contributed by atoms with van der Waals surface area (Å²) < 4.78 is 7.33. The van der Waals surface area contributed by atoms with Crippen LogP contribution in [0, 0.1) is 27.7 Å². The van der Waals surface area contributed by atoms with Crippen LogP contribution in [0.3, 0.4) is 0 Å². The summed E-state index contributed by atoms with van der Waals surface area (Å²) in [6, 6.07) is 15.5. The molecule has 1 aromatic heterocycles. The first-order valence-electron chi connectivity index (χ1n) is 9.85. The summed E-state index contributed by atoms with van der Waals surface area (Å²) >= 11 is 0. The van der Waals surface area contributed by atoms with E-state index in [2.05, 4.69) is 26.5 Å². The lowest BCUT2D eigenvalue weighted by atomic mass is 10.2. The molecule has 0 aliphatic heterocycles. The van der Waals surface area contributed by atoms with Crippen molar-refractivity contribution in [2.75, 3.05) is 12.4 Å². The molecule has 31 heavy (non-hydrogen) atoms. The topological polar surface area (TPSA) is 84.7 Å². The van der Waals surface area contributed by atoms with Crippen LogP contribution in [-0.4, -0.2) is 29.7 Å². The van der Waals surface area contributed by atoms with Gasteiger partial charge >= 0.3 is 11.8 Å². The highest BCUT2D eigenvalue weighted by molar-refractivity contribution is 6.39. The number of aryl methyl sites for hydroxylation is 3. The van der Waals surface area contributed by atoms with Gasteiger partial charge in [-0.15, -0.1) is 0 Å². The summed E-state index contributed by atoms with van der Waals surface area (Å²) in [5.41, 5.74) is 8.73. The fraction of sp³-hybridized carbons (Fsp3) is 0.208. The maximum absolute atomic E-state index is 12.2. The molecule has 0 fully saturated rings. The monoisotopic (exact) mass is 418 g/mol. The number of nitrogens with zero attached hydrogens (tertiary/aromatic N) is 2. The summed E-state index contributed by atoms with van der Waals surface area (Å²) in [4.78, 5) is 24.4. The number of hydrazone groups is 1. The van der Waals surface area contributed by atoms with Crippen LogP contribution in [0.15, 0.2) is 53.6 Å². The van der Waals surface area contributed by atoms with Gasteiger partial charge in [0.25, 0.3) is 0 Å². The van der Waals surface area contributed by atoms with Crippen molar-refractivity contribution in [2.24, 2.45) is 5.10 Å². The number of carbonyl (C=O) groups is 2. The Morgan fingerprint density at radius 2 is 1.71 bits per heavy atom. The van der Waals surface area contributed by atoms with Gasteiger partial charge in [0.15, 0.2) is 0 Å². The van der Waals surface area contributed by atoms with Gasteiger partial charge < -0.3 is 14.6 Å². The van der Waals surface area contributed by atoms with E-state index in [0.717, 1.165) is 28.2 Å². The Bertz CT molecular complexity index is 1160. The summed E-state index contributed by atoms with van der Waals surface area (Å²) in [5.74, 6) is -1.22. The molecular weight excluding hydrogens is 392 g/mol. The van der Waals surface area contributed by atoms with Crippen LogP contribution in [-0.2, 0) is 9.59 Å². The number of ether oxygens (including phenoxy) is 1. The number of carbonyl (C=O) groups excluding carboxylic acids is 2. The summed E-state index contributed by atoms with van der Waals surface area (Å²) in [6.45, 7) is 7.92. The number of nitrogens with one attached hydrogen (secondary N) is 2. The molecule has 3 rings (SSSR count). The lowest BCUT2D eigenvalue weighted by Crippen LogP contribution is -2.32. The molecule has 0 aliphatic carbocycles. The van der Waals surface area contributed by atoms with Gasteiger partial charge in [-0.3, -0.25) is 9.59 Å². The third kappa shape index (κ3) is 5.01. The number of aromatic nitrogens is 1. The number of hydrogen-bond donors (Lipinski definition) is 2. The van der Waals surface area contributed by atoms with E-state index in [0.29, 0.717) is 11.4 Å². The maximum Gasteiger partial charge on any atom is 0.329 e. The zero-order valence-corrected chi connectivity index (χ0v) is 18.3. The van der Waals surface area contributed by atoms with Crippen molar-refractivity contribution in [3.63, 3.8) is 0 Å². The van der Waals surface area contributed by atoms with E-state index in [1.807, 2.05) is 58.0 Å². The number of methoxy groups -OCH3 is 1. The van der Waals surface area contributed by atoms with Gasteiger partial charge in [-0.25, -0.2) is 5.43 Å². The molecule has 2 N–H and O–H groups in total. The third-order valence-electron chi connectivity index (χ3n) is 4.91. The van der Waals surface area contributed by atoms with Gasteiger partial charge in [-0.1, -0.05) is 18.2 Å². The lowest BCUT2D eigenvalue weighted by Gasteiger charge is -2.10. The quantitative estimate of drug-likeness (QED) is 0.375. The molecule has 0 aliphatic rings. The number of rotatable bonds is 5. The summed E-state index contributed by atoms with van der Waals surface area (Å²) in [7, 11) is 1.50. The number of anilines is 1. The van der Waals surface area contributed by atoms with E-state index in [1.165, 1.54) is 18.9 Å².